The number of piperidine rings is 1. The number of carboxylic acids is 1. The molecule has 0 aromatic heterocycles. The second kappa shape index (κ2) is 5.72. The fourth-order valence-corrected chi connectivity index (χ4v) is 3.64. The lowest BCUT2D eigenvalue weighted by Gasteiger charge is -2.37. The minimum atomic E-state index is -0.872. The lowest BCUT2D eigenvalue weighted by atomic mass is 9.92. The molecule has 2 fully saturated rings. The van der Waals surface area contributed by atoms with Crippen molar-refractivity contribution in [2.24, 2.45) is 11.8 Å². The number of hydrogen-bond acceptors (Lipinski definition) is 3. The minimum Gasteiger partial charge on any atom is -0.480 e. The van der Waals surface area contributed by atoms with Gasteiger partial charge in [-0.3, -0.25) is 14.5 Å². The van der Waals surface area contributed by atoms with Crippen LogP contribution in [-0.2, 0) is 9.59 Å². The van der Waals surface area contributed by atoms with Gasteiger partial charge in [-0.2, -0.15) is 0 Å². The number of carboxylic acid groups (broad SMARTS) is 1. The average Bonchev–Trinajstić information content (AvgIpc) is 2.71. The predicted molar refractivity (Wildman–Crippen MR) is 76.4 cm³/mol. The van der Waals surface area contributed by atoms with Crippen LogP contribution in [0, 0.1) is 11.8 Å². The Morgan fingerprint density at radius 1 is 1.25 bits per heavy atom. The first-order valence-corrected chi connectivity index (χ1v) is 7.59. The number of likely N-dealkylation sites (tertiary alicyclic amines) is 2. The third-order valence-corrected chi connectivity index (χ3v) is 4.80. The first kappa shape index (κ1) is 15.3. The van der Waals surface area contributed by atoms with Crippen molar-refractivity contribution >= 4 is 11.9 Å². The summed E-state index contributed by atoms with van der Waals surface area (Å²) in [5, 5.41) is 9.38. The number of carbonyl (C=O) groups is 2. The van der Waals surface area contributed by atoms with Gasteiger partial charge in [0.2, 0.25) is 5.91 Å². The van der Waals surface area contributed by atoms with Crippen LogP contribution in [0.3, 0.4) is 0 Å². The van der Waals surface area contributed by atoms with Crippen LogP contribution in [0.5, 0.6) is 0 Å². The van der Waals surface area contributed by atoms with E-state index in [0.717, 1.165) is 19.5 Å². The van der Waals surface area contributed by atoms with E-state index in [0.29, 0.717) is 24.8 Å². The van der Waals surface area contributed by atoms with E-state index in [-0.39, 0.29) is 12.5 Å². The summed E-state index contributed by atoms with van der Waals surface area (Å²) in [6.07, 6.45) is 2.64. The van der Waals surface area contributed by atoms with Gasteiger partial charge in [-0.05, 0) is 44.6 Å². The van der Waals surface area contributed by atoms with Gasteiger partial charge in [-0.1, -0.05) is 13.8 Å². The molecule has 0 bridgehead atoms. The van der Waals surface area contributed by atoms with Crippen molar-refractivity contribution < 1.29 is 14.7 Å². The van der Waals surface area contributed by atoms with Crippen LogP contribution in [0.25, 0.3) is 0 Å². The highest BCUT2D eigenvalue weighted by Gasteiger charge is 2.44. The third kappa shape index (κ3) is 2.97. The zero-order chi connectivity index (χ0) is 14.9. The van der Waals surface area contributed by atoms with Crippen LogP contribution in [-0.4, -0.2) is 58.5 Å². The van der Waals surface area contributed by atoms with Crippen molar-refractivity contribution in [3.05, 3.63) is 0 Å². The van der Waals surface area contributed by atoms with Crippen LogP contribution >= 0.6 is 0 Å². The van der Waals surface area contributed by atoms with Crippen molar-refractivity contribution in [2.75, 3.05) is 26.2 Å². The van der Waals surface area contributed by atoms with E-state index in [1.807, 2.05) is 9.80 Å². The first-order chi connectivity index (χ1) is 9.33. The molecule has 3 atom stereocenters. The van der Waals surface area contributed by atoms with Gasteiger partial charge in [0.15, 0.2) is 0 Å². The fourth-order valence-electron chi connectivity index (χ4n) is 3.64. The van der Waals surface area contributed by atoms with Crippen LogP contribution in [0.1, 0.15) is 40.0 Å². The molecule has 2 heterocycles. The Morgan fingerprint density at radius 3 is 2.40 bits per heavy atom. The summed E-state index contributed by atoms with van der Waals surface area (Å²) in [5.74, 6) is 0.334. The topological polar surface area (TPSA) is 60.9 Å². The van der Waals surface area contributed by atoms with Gasteiger partial charge in [0, 0.05) is 13.1 Å². The average molecular weight is 282 g/mol. The highest BCUT2D eigenvalue weighted by molar-refractivity contribution is 5.82. The number of nitrogens with zero attached hydrogens (tertiary/aromatic N) is 2. The predicted octanol–water partition coefficient (Wildman–Crippen LogP) is 1.43. The molecule has 1 amide bonds. The normalized spacial score (nSPS) is 35.2. The second-order valence-electron chi connectivity index (χ2n) is 6.85. The number of hydrogen-bond donors (Lipinski definition) is 1. The maximum Gasteiger partial charge on any atom is 0.323 e. The van der Waals surface area contributed by atoms with Gasteiger partial charge in [-0.15, -0.1) is 0 Å². The standard InChI is InChI=1S/C15H26N2O3/c1-11-7-12(2)9-16(8-11)13(18)10-17-6-4-5-15(17,3)14(19)20/h11-12H,4-10H2,1-3H3,(H,19,20). The highest BCUT2D eigenvalue weighted by atomic mass is 16.4. The quantitative estimate of drug-likeness (QED) is 0.850. The van der Waals surface area contributed by atoms with E-state index < -0.39 is 11.5 Å². The summed E-state index contributed by atoms with van der Waals surface area (Å²) < 4.78 is 0. The number of rotatable bonds is 3. The van der Waals surface area contributed by atoms with E-state index in [9.17, 15) is 14.7 Å². The molecule has 0 aliphatic carbocycles. The molecule has 2 aliphatic rings. The monoisotopic (exact) mass is 282 g/mol. The van der Waals surface area contributed by atoms with Crippen molar-refractivity contribution in [1.82, 2.24) is 9.80 Å². The summed E-state index contributed by atoms with van der Waals surface area (Å²) in [6.45, 7) is 8.63. The van der Waals surface area contributed by atoms with Gasteiger partial charge in [0.25, 0.3) is 0 Å². The number of carbonyl (C=O) groups excluding carboxylic acids is 1. The van der Waals surface area contributed by atoms with Gasteiger partial charge in [0.1, 0.15) is 5.54 Å². The van der Waals surface area contributed by atoms with Gasteiger partial charge >= 0.3 is 5.97 Å². The minimum absolute atomic E-state index is 0.0813. The molecule has 20 heavy (non-hydrogen) atoms. The van der Waals surface area contributed by atoms with Crippen LogP contribution in [0.4, 0.5) is 0 Å². The SMILES string of the molecule is CC1CC(C)CN(C(=O)CN2CCCC2(C)C(=O)O)C1. The van der Waals surface area contributed by atoms with Crippen LogP contribution in [0.15, 0.2) is 0 Å². The highest BCUT2D eigenvalue weighted by Crippen LogP contribution is 2.29. The molecule has 114 valence electrons. The van der Waals surface area contributed by atoms with Crippen molar-refractivity contribution in [3.63, 3.8) is 0 Å². The summed E-state index contributed by atoms with van der Waals surface area (Å²) in [4.78, 5) is 27.6. The molecular weight excluding hydrogens is 256 g/mol. The molecule has 0 saturated carbocycles. The number of aliphatic carboxylic acids is 1. The second-order valence-corrected chi connectivity index (χ2v) is 6.85. The van der Waals surface area contributed by atoms with Crippen LogP contribution in [0.2, 0.25) is 0 Å². The molecule has 2 saturated heterocycles. The molecule has 2 aliphatic heterocycles. The maximum absolute atomic E-state index is 12.4. The molecule has 1 N–H and O–H groups in total. The smallest absolute Gasteiger partial charge is 0.323 e. The van der Waals surface area contributed by atoms with E-state index >= 15 is 0 Å². The van der Waals surface area contributed by atoms with E-state index in [1.165, 1.54) is 6.42 Å². The van der Waals surface area contributed by atoms with E-state index in [4.69, 9.17) is 0 Å². The molecule has 5 heteroatoms. The molecule has 2 rings (SSSR count). The summed E-state index contributed by atoms with van der Waals surface area (Å²) in [5.41, 5.74) is -0.872. The molecule has 0 aromatic carbocycles. The Labute approximate surface area is 120 Å². The first-order valence-electron chi connectivity index (χ1n) is 7.59. The Hall–Kier alpha value is -1.10. The molecule has 0 radical (unpaired) electrons. The fraction of sp³-hybridized carbons (Fsp3) is 0.867. The van der Waals surface area contributed by atoms with Gasteiger partial charge in [0.05, 0.1) is 6.54 Å². The maximum atomic E-state index is 12.4. The molecule has 0 aromatic rings. The Morgan fingerprint density at radius 2 is 1.85 bits per heavy atom. The lowest BCUT2D eigenvalue weighted by molar-refractivity contribution is -0.150. The lowest BCUT2D eigenvalue weighted by Crippen LogP contribution is -2.53. The Bertz CT molecular complexity index is 389. The number of amides is 1. The molecule has 0 spiro atoms. The van der Waals surface area contributed by atoms with Crippen molar-refractivity contribution in [2.45, 2.75) is 45.6 Å². The molecule has 3 unspecified atom stereocenters. The van der Waals surface area contributed by atoms with Crippen molar-refractivity contribution in [1.29, 1.82) is 0 Å². The molecular formula is C15H26N2O3. The largest absolute Gasteiger partial charge is 0.480 e. The van der Waals surface area contributed by atoms with E-state index in [1.54, 1.807) is 6.92 Å². The molecule has 5 nitrogen and oxygen atoms in total. The summed E-state index contributed by atoms with van der Waals surface area (Å²) in [7, 11) is 0. The van der Waals surface area contributed by atoms with Crippen LogP contribution < -0.4 is 0 Å². The van der Waals surface area contributed by atoms with Crippen molar-refractivity contribution in [3.8, 4) is 0 Å². The van der Waals surface area contributed by atoms with Gasteiger partial charge < -0.3 is 10.0 Å². The summed E-state index contributed by atoms with van der Waals surface area (Å²) in [6, 6.07) is 0. The Balaban J connectivity index is 1.99. The zero-order valence-corrected chi connectivity index (χ0v) is 12.8. The van der Waals surface area contributed by atoms with Gasteiger partial charge in [-0.25, -0.2) is 0 Å². The third-order valence-electron chi connectivity index (χ3n) is 4.80. The Kier molecular flexibility index (Phi) is 4.37. The van der Waals surface area contributed by atoms with E-state index in [2.05, 4.69) is 13.8 Å². The summed E-state index contributed by atoms with van der Waals surface area (Å²) >= 11 is 0. The zero-order valence-electron chi connectivity index (χ0n) is 12.8.